The zero-order chi connectivity index (χ0) is 12.2. The van der Waals surface area contributed by atoms with Gasteiger partial charge in [0.2, 0.25) is 0 Å². The van der Waals surface area contributed by atoms with Gasteiger partial charge in [-0.3, -0.25) is 9.80 Å². The van der Waals surface area contributed by atoms with Crippen LogP contribution in [0.5, 0.6) is 0 Å². The number of amides is 1. The molecule has 3 fully saturated rings. The number of fused-ring (bicyclic) bond motifs is 2. The van der Waals surface area contributed by atoms with Crippen LogP contribution in [0.15, 0.2) is 0 Å². The van der Waals surface area contributed by atoms with E-state index < -0.39 is 0 Å². The van der Waals surface area contributed by atoms with Gasteiger partial charge in [0.1, 0.15) is 5.60 Å². The van der Waals surface area contributed by atoms with E-state index in [4.69, 9.17) is 4.74 Å². The van der Waals surface area contributed by atoms with Gasteiger partial charge < -0.3 is 4.74 Å². The highest BCUT2D eigenvalue weighted by atomic mass is 16.6. The third-order valence-corrected chi connectivity index (χ3v) is 4.12. The van der Waals surface area contributed by atoms with Crippen LogP contribution in [0, 0.1) is 5.92 Å². The average Bonchev–Trinajstić information content (AvgIpc) is 2.34. The predicted molar refractivity (Wildman–Crippen MR) is 64.6 cm³/mol. The number of piperidine rings is 2. The monoisotopic (exact) mass is 238 g/mol. The van der Waals surface area contributed by atoms with Gasteiger partial charge in [-0.15, -0.1) is 0 Å². The molecule has 0 aromatic heterocycles. The van der Waals surface area contributed by atoms with Crippen molar-refractivity contribution >= 4 is 6.09 Å². The minimum absolute atomic E-state index is 0.113. The summed E-state index contributed by atoms with van der Waals surface area (Å²) in [6, 6.07) is 0.399. The van der Waals surface area contributed by atoms with Crippen LogP contribution in [0.2, 0.25) is 0 Å². The summed E-state index contributed by atoms with van der Waals surface area (Å²) in [6.45, 7) is 8.04. The summed E-state index contributed by atoms with van der Waals surface area (Å²) < 4.78 is 5.54. The second-order valence-electron chi connectivity index (χ2n) is 6.66. The van der Waals surface area contributed by atoms with E-state index in [2.05, 4.69) is 4.90 Å². The van der Waals surface area contributed by atoms with Gasteiger partial charge in [-0.05, 0) is 46.0 Å². The summed E-state index contributed by atoms with van der Waals surface area (Å²) in [5.74, 6) is 0.803. The van der Waals surface area contributed by atoms with Crippen LogP contribution in [0.4, 0.5) is 4.79 Å². The first-order valence-corrected chi connectivity index (χ1v) is 6.69. The molecular weight excluding hydrogens is 216 g/mol. The average molecular weight is 238 g/mol. The molecule has 3 rings (SSSR count). The maximum absolute atomic E-state index is 12.3. The van der Waals surface area contributed by atoms with E-state index in [9.17, 15) is 4.79 Å². The quantitative estimate of drug-likeness (QED) is 0.647. The normalized spacial score (nSPS) is 39.6. The molecule has 96 valence electrons. The topological polar surface area (TPSA) is 32.8 Å². The van der Waals surface area contributed by atoms with Gasteiger partial charge in [0.05, 0.1) is 6.17 Å². The number of carbonyl (C=O) groups is 1. The highest BCUT2D eigenvalue weighted by molar-refractivity contribution is 5.69. The van der Waals surface area contributed by atoms with Crippen molar-refractivity contribution in [2.24, 2.45) is 5.92 Å². The van der Waals surface area contributed by atoms with Gasteiger partial charge in [-0.1, -0.05) is 0 Å². The number of likely N-dealkylation sites (tertiary alicyclic amines) is 1. The van der Waals surface area contributed by atoms with Crippen molar-refractivity contribution in [2.45, 2.75) is 57.8 Å². The van der Waals surface area contributed by atoms with Gasteiger partial charge >= 0.3 is 6.09 Å². The lowest BCUT2D eigenvalue weighted by Crippen LogP contribution is -2.46. The van der Waals surface area contributed by atoms with Gasteiger partial charge in [0.25, 0.3) is 0 Å². The van der Waals surface area contributed by atoms with Crippen LogP contribution >= 0.6 is 0 Å². The zero-order valence-corrected chi connectivity index (χ0v) is 11.0. The Bertz CT molecular complexity index is 337. The lowest BCUT2D eigenvalue weighted by Gasteiger charge is -2.36. The molecule has 1 amide bonds. The molecule has 3 aliphatic rings. The van der Waals surface area contributed by atoms with Gasteiger partial charge in [-0.2, -0.15) is 0 Å². The second kappa shape index (κ2) is 3.61. The Morgan fingerprint density at radius 3 is 2.71 bits per heavy atom. The fourth-order valence-corrected chi connectivity index (χ4v) is 3.58. The number of ether oxygens (including phenoxy) is 1. The Labute approximate surface area is 103 Å². The van der Waals surface area contributed by atoms with E-state index in [1.54, 1.807) is 0 Å². The van der Waals surface area contributed by atoms with Crippen molar-refractivity contribution in [2.75, 3.05) is 13.1 Å². The zero-order valence-electron chi connectivity index (χ0n) is 11.0. The number of hydrogen-bond donors (Lipinski definition) is 0. The van der Waals surface area contributed by atoms with E-state index >= 15 is 0 Å². The van der Waals surface area contributed by atoms with E-state index in [0.717, 1.165) is 18.9 Å². The molecule has 3 aliphatic heterocycles. The van der Waals surface area contributed by atoms with Crippen molar-refractivity contribution in [3.8, 4) is 0 Å². The van der Waals surface area contributed by atoms with Crippen LogP contribution in [0.3, 0.4) is 0 Å². The molecule has 3 heterocycles. The van der Waals surface area contributed by atoms with Gasteiger partial charge in [0.15, 0.2) is 0 Å². The minimum Gasteiger partial charge on any atom is -0.444 e. The SMILES string of the molecule is CC(C)(C)OC(=O)N1C2CC3CCC1N(C3)C2. The molecule has 0 aromatic carbocycles. The van der Waals surface area contributed by atoms with E-state index in [-0.39, 0.29) is 11.7 Å². The molecular formula is C13H22N2O2. The fraction of sp³-hybridized carbons (Fsp3) is 0.923. The Hall–Kier alpha value is -0.770. The Morgan fingerprint density at radius 2 is 2.00 bits per heavy atom. The molecule has 17 heavy (non-hydrogen) atoms. The van der Waals surface area contributed by atoms with E-state index in [1.165, 1.54) is 19.4 Å². The summed E-state index contributed by atoms with van der Waals surface area (Å²) in [4.78, 5) is 16.7. The Morgan fingerprint density at radius 1 is 1.24 bits per heavy atom. The molecule has 4 atom stereocenters. The smallest absolute Gasteiger partial charge is 0.411 e. The standard InChI is InChI=1S/C13H22N2O2/c1-13(2,3)17-12(16)15-10-6-9-4-5-11(15)14(7-9)8-10/h9-11H,4-8H2,1-3H3. The molecule has 0 aromatic rings. The third-order valence-electron chi connectivity index (χ3n) is 4.12. The van der Waals surface area contributed by atoms with Crippen molar-refractivity contribution in [3.63, 3.8) is 0 Å². The van der Waals surface area contributed by atoms with Crippen LogP contribution in [-0.2, 0) is 4.74 Å². The first-order chi connectivity index (χ1) is 7.94. The van der Waals surface area contributed by atoms with Crippen LogP contribution < -0.4 is 0 Å². The molecule has 4 nitrogen and oxygen atoms in total. The van der Waals surface area contributed by atoms with Crippen LogP contribution in [0.25, 0.3) is 0 Å². The van der Waals surface area contributed by atoms with Crippen molar-refractivity contribution in [1.82, 2.24) is 9.80 Å². The van der Waals surface area contributed by atoms with Crippen molar-refractivity contribution < 1.29 is 9.53 Å². The molecule has 4 unspecified atom stereocenters. The van der Waals surface area contributed by atoms with E-state index in [1.807, 2.05) is 25.7 Å². The summed E-state index contributed by atoms with van der Waals surface area (Å²) in [7, 11) is 0. The first-order valence-electron chi connectivity index (χ1n) is 6.69. The Kier molecular flexibility index (Phi) is 2.41. The first kappa shape index (κ1) is 11.3. The molecule has 4 heteroatoms. The lowest BCUT2D eigenvalue weighted by atomic mass is 9.89. The maximum atomic E-state index is 12.3. The minimum atomic E-state index is -0.388. The fourth-order valence-electron chi connectivity index (χ4n) is 3.58. The number of carbonyl (C=O) groups excluding carboxylic acids is 1. The second-order valence-corrected chi connectivity index (χ2v) is 6.66. The molecule has 0 spiro atoms. The summed E-state index contributed by atoms with van der Waals surface area (Å²) in [6.07, 6.45) is 3.77. The molecule has 0 radical (unpaired) electrons. The van der Waals surface area contributed by atoms with Crippen LogP contribution in [0.1, 0.15) is 40.0 Å². The number of nitrogens with zero attached hydrogens (tertiary/aromatic N) is 2. The summed E-state index contributed by atoms with van der Waals surface area (Å²) in [5.41, 5.74) is -0.388. The molecule has 0 saturated carbocycles. The molecule has 3 saturated heterocycles. The Balaban J connectivity index is 1.77. The number of rotatable bonds is 0. The van der Waals surface area contributed by atoms with Crippen molar-refractivity contribution in [1.29, 1.82) is 0 Å². The molecule has 3 bridgehead atoms. The number of hydrogen-bond acceptors (Lipinski definition) is 3. The highest BCUT2D eigenvalue weighted by Gasteiger charge is 2.50. The van der Waals surface area contributed by atoms with Gasteiger partial charge in [0, 0.05) is 19.1 Å². The van der Waals surface area contributed by atoms with Crippen molar-refractivity contribution in [3.05, 3.63) is 0 Å². The van der Waals surface area contributed by atoms with Gasteiger partial charge in [-0.25, -0.2) is 4.79 Å². The highest BCUT2D eigenvalue weighted by Crippen LogP contribution is 2.41. The van der Waals surface area contributed by atoms with Crippen LogP contribution in [-0.4, -0.2) is 46.8 Å². The predicted octanol–water partition coefficient (Wildman–Crippen LogP) is 2.05. The lowest BCUT2D eigenvalue weighted by molar-refractivity contribution is 0.00715. The maximum Gasteiger partial charge on any atom is 0.411 e. The third kappa shape index (κ3) is 1.92. The summed E-state index contributed by atoms with van der Waals surface area (Å²) >= 11 is 0. The van der Waals surface area contributed by atoms with E-state index in [0.29, 0.717) is 12.2 Å². The largest absolute Gasteiger partial charge is 0.444 e. The summed E-state index contributed by atoms with van der Waals surface area (Å²) in [5, 5.41) is 0. The molecule has 0 aliphatic carbocycles. The molecule has 0 N–H and O–H groups in total.